The van der Waals surface area contributed by atoms with Crippen molar-refractivity contribution in [3.8, 4) is 33.5 Å². The molecule has 1 aromatic heterocycles. The van der Waals surface area contributed by atoms with Crippen LogP contribution in [-0.4, -0.2) is 4.98 Å². The van der Waals surface area contributed by atoms with E-state index in [1.807, 2.05) is 6.20 Å². The summed E-state index contributed by atoms with van der Waals surface area (Å²) in [7, 11) is 0. The maximum absolute atomic E-state index is 4.69. The van der Waals surface area contributed by atoms with Gasteiger partial charge in [-0.15, -0.1) is 0 Å². The lowest BCUT2D eigenvalue weighted by Gasteiger charge is -2.09. The minimum absolute atomic E-state index is 1.10. The normalized spacial score (nSPS) is 11.6. The van der Waals surface area contributed by atoms with E-state index in [1.165, 1.54) is 38.6 Å². The van der Waals surface area contributed by atoms with E-state index < -0.39 is 0 Å². The molecule has 0 radical (unpaired) electrons. The predicted molar refractivity (Wildman–Crippen MR) is 91.6 cm³/mol. The number of hydrogen-bond acceptors (Lipinski definition) is 1. The quantitative estimate of drug-likeness (QED) is 0.392. The van der Waals surface area contributed by atoms with Crippen LogP contribution in [0, 0.1) is 0 Å². The molecule has 1 heteroatoms. The van der Waals surface area contributed by atoms with E-state index >= 15 is 0 Å². The van der Waals surface area contributed by atoms with Crippen molar-refractivity contribution in [2.45, 2.75) is 0 Å². The molecule has 1 heterocycles. The molecule has 0 bridgehead atoms. The van der Waals surface area contributed by atoms with Gasteiger partial charge >= 0.3 is 0 Å². The van der Waals surface area contributed by atoms with Crippen molar-refractivity contribution in [3.05, 3.63) is 79.0 Å². The Morgan fingerprint density at radius 3 is 2.18 bits per heavy atom. The molecule has 0 amide bonds. The number of pyridine rings is 1. The Morgan fingerprint density at radius 1 is 0.591 bits per heavy atom. The molecule has 0 N–H and O–H groups in total. The second-order valence-electron chi connectivity index (χ2n) is 5.66. The second-order valence-corrected chi connectivity index (χ2v) is 5.66. The van der Waals surface area contributed by atoms with Gasteiger partial charge in [-0.25, -0.2) is 0 Å². The number of benzene rings is 3. The molecule has 0 saturated carbocycles. The molecular formula is C21H13N. The lowest BCUT2D eigenvalue weighted by atomic mass is 9.96. The summed E-state index contributed by atoms with van der Waals surface area (Å²) >= 11 is 0. The molecule has 1 aliphatic carbocycles. The molecule has 0 unspecified atom stereocenters. The molecule has 0 spiro atoms. The molecule has 0 saturated heterocycles. The number of fused-ring (bicyclic) bond motifs is 3. The Kier molecular flexibility index (Phi) is 2.28. The van der Waals surface area contributed by atoms with Crippen molar-refractivity contribution in [2.75, 3.05) is 0 Å². The molecule has 0 fully saturated rings. The average molecular weight is 279 g/mol. The number of aromatic nitrogens is 1. The Bertz CT molecular complexity index is 1010. The van der Waals surface area contributed by atoms with Crippen molar-refractivity contribution in [1.82, 2.24) is 4.98 Å². The van der Waals surface area contributed by atoms with E-state index in [2.05, 4.69) is 77.8 Å². The summed E-state index contributed by atoms with van der Waals surface area (Å²) in [6.07, 6.45) is 1.92. The largest absolute Gasteiger partial charge is 0.256 e. The minimum atomic E-state index is 1.10. The van der Waals surface area contributed by atoms with Crippen LogP contribution in [-0.2, 0) is 0 Å². The van der Waals surface area contributed by atoms with Crippen molar-refractivity contribution < 1.29 is 0 Å². The van der Waals surface area contributed by atoms with Crippen LogP contribution in [0.15, 0.2) is 79.0 Å². The fourth-order valence-corrected chi connectivity index (χ4v) is 3.54. The Balaban J connectivity index is 1.93. The second kappa shape index (κ2) is 4.28. The summed E-state index contributed by atoms with van der Waals surface area (Å²) in [6, 6.07) is 25.7. The molecule has 1 aliphatic rings. The first kappa shape index (κ1) is 11.7. The summed E-state index contributed by atoms with van der Waals surface area (Å²) < 4.78 is 0. The predicted octanol–water partition coefficient (Wildman–Crippen LogP) is 5.55. The fraction of sp³-hybridized carbons (Fsp3) is 0. The van der Waals surface area contributed by atoms with Gasteiger partial charge in [-0.2, -0.15) is 0 Å². The van der Waals surface area contributed by atoms with Gasteiger partial charge in [0.25, 0.3) is 0 Å². The zero-order valence-corrected chi connectivity index (χ0v) is 12.0. The molecule has 0 atom stereocenters. The number of hydrogen-bond donors (Lipinski definition) is 0. The van der Waals surface area contributed by atoms with E-state index in [0.717, 1.165) is 5.69 Å². The smallest absolute Gasteiger partial charge is 0.0793 e. The van der Waals surface area contributed by atoms with Crippen molar-refractivity contribution in [1.29, 1.82) is 0 Å². The van der Waals surface area contributed by atoms with E-state index in [0.29, 0.717) is 0 Å². The molecule has 5 rings (SSSR count). The van der Waals surface area contributed by atoms with Crippen LogP contribution in [0.2, 0.25) is 0 Å². The van der Waals surface area contributed by atoms with Gasteiger partial charge in [0.2, 0.25) is 0 Å². The van der Waals surface area contributed by atoms with Gasteiger partial charge < -0.3 is 0 Å². The summed E-state index contributed by atoms with van der Waals surface area (Å²) in [5.41, 5.74) is 7.42. The molecule has 4 aromatic rings. The van der Waals surface area contributed by atoms with Crippen LogP contribution in [0.1, 0.15) is 0 Å². The van der Waals surface area contributed by atoms with Crippen molar-refractivity contribution in [3.63, 3.8) is 0 Å². The maximum Gasteiger partial charge on any atom is 0.0793 e. The van der Waals surface area contributed by atoms with Gasteiger partial charge in [0.15, 0.2) is 0 Å². The van der Waals surface area contributed by atoms with Gasteiger partial charge in [-0.3, -0.25) is 4.98 Å². The zero-order chi connectivity index (χ0) is 14.5. The van der Waals surface area contributed by atoms with Crippen LogP contribution in [0.5, 0.6) is 0 Å². The van der Waals surface area contributed by atoms with Crippen LogP contribution >= 0.6 is 0 Å². The minimum Gasteiger partial charge on any atom is -0.256 e. The van der Waals surface area contributed by atoms with E-state index in [1.54, 1.807) is 0 Å². The van der Waals surface area contributed by atoms with Crippen LogP contribution in [0.3, 0.4) is 0 Å². The molecule has 102 valence electrons. The van der Waals surface area contributed by atoms with E-state index in [9.17, 15) is 0 Å². The number of nitrogens with zero attached hydrogens (tertiary/aromatic N) is 1. The standard InChI is InChI=1S/C21H13N/c1-2-6-14(7-3-1)16-12-13-22-21-18-11-5-9-15-8-4-10-17(19(15)18)20(16)21/h1-13H. The summed E-state index contributed by atoms with van der Waals surface area (Å²) in [5.74, 6) is 0. The van der Waals surface area contributed by atoms with E-state index in [4.69, 9.17) is 0 Å². The lowest BCUT2D eigenvalue weighted by Crippen LogP contribution is -1.87. The molecule has 3 aromatic carbocycles. The Morgan fingerprint density at radius 2 is 1.36 bits per heavy atom. The lowest BCUT2D eigenvalue weighted by molar-refractivity contribution is 1.35. The fourth-order valence-electron chi connectivity index (χ4n) is 3.54. The summed E-state index contributed by atoms with van der Waals surface area (Å²) in [4.78, 5) is 4.69. The Labute approximate surface area is 128 Å². The first-order chi connectivity index (χ1) is 10.9. The van der Waals surface area contributed by atoms with Crippen LogP contribution < -0.4 is 0 Å². The first-order valence-electron chi connectivity index (χ1n) is 7.50. The van der Waals surface area contributed by atoms with Gasteiger partial charge in [0.05, 0.1) is 5.69 Å². The van der Waals surface area contributed by atoms with Crippen LogP contribution in [0.25, 0.3) is 44.3 Å². The third-order valence-corrected chi connectivity index (χ3v) is 4.46. The first-order valence-corrected chi connectivity index (χ1v) is 7.50. The SMILES string of the molecule is c1ccc(-c2ccnc3c2-c2cccc4cccc-3c24)cc1. The van der Waals surface area contributed by atoms with Gasteiger partial charge in [-0.05, 0) is 33.5 Å². The highest BCUT2D eigenvalue weighted by Gasteiger charge is 2.24. The number of rotatable bonds is 1. The monoisotopic (exact) mass is 279 g/mol. The third-order valence-electron chi connectivity index (χ3n) is 4.46. The van der Waals surface area contributed by atoms with Crippen LogP contribution in [0.4, 0.5) is 0 Å². The highest BCUT2D eigenvalue weighted by atomic mass is 14.7. The van der Waals surface area contributed by atoms with Gasteiger partial charge in [0, 0.05) is 17.3 Å². The zero-order valence-electron chi connectivity index (χ0n) is 12.0. The third kappa shape index (κ3) is 1.45. The topological polar surface area (TPSA) is 12.9 Å². The average Bonchev–Trinajstić information content (AvgIpc) is 2.93. The highest BCUT2D eigenvalue weighted by molar-refractivity contribution is 6.16. The Hall–Kier alpha value is -2.93. The summed E-state index contributed by atoms with van der Waals surface area (Å²) in [6.45, 7) is 0. The highest BCUT2D eigenvalue weighted by Crippen LogP contribution is 2.49. The van der Waals surface area contributed by atoms with Gasteiger partial charge in [-0.1, -0.05) is 66.7 Å². The molecule has 22 heavy (non-hydrogen) atoms. The van der Waals surface area contributed by atoms with Crippen molar-refractivity contribution in [2.24, 2.45) is 0 Å². The maximum atomic E-state index is 4.69. The molecular weight excluding hydrogens is 266 g/mol. The molecule has 0 aliphatic heterocycles. The summed E-state index contributed by atoms with van der Waals surface area (Å²) in [5, 5.41) is 2.61. The van der Waals surface area contributed by atoms with Crippen molar-refractivity contribution >= 4 is 10.8 Å². The van der Waals surface area contributed by atoms with E-state index in [-0.39, 0.29) is 0 Å². The molecule has 1 nitrogen and oxygen atoms in total. The van der Waals surface area contributed by atoms with Gasteiger partial charge in [0.1, 0.15) is 0 Å².